The van der Waals surface area contributed by atoms with Crippen LogP contribution in [0.1, 0.15) is 58.4 Å². The van der Waals surface area contributed by atoms with Crippen LogP contribution < -0.4 is 5.32 Å². The molecule has 2 heterocycles. The van der Waals surface area contributed by atoms with Gasteiger partial charge in [-0.15, -0.1) is 0 Å². The Morgan fingerprint density at radius 2 is 1.82 bits per heavy atom. The van der Waals surface area contributed by atoms with E-state index >= 15 is 0 Å². The van der Waals surface area contributed by atoms with Crippen molar-refractivity contribution in [1.82, 2.24) is 25.1 Å². The highest BCUT2D eigenvalue weighted by Crippen LogP contribution is 2.30. The maximum absolute atomic E-state index is 13.5. The van der Waals surface area contributed by atoms with Crippen molar-refractivity contribution in [2.45, 2.75) is 77.7 Å². The monoisotopic (exact) mass is 461 g/mol. The van der Waals surface area contributed by atoms with E-state index in [1.807, 2.05) is 4.90 Å². The van der Waals surface area contributed by atoms with Gasteiger partial charge in [0.2, 0.25) is 11.8 Å². The molecular formula is C24H36FN5O3. The third kappa shape index (κ3) is 5.29. The van der Waals surface area contributed by atoms with E-state index in [0.717, 1.165) is 31.2 Å². The second-order valence-electron chi connectivity index (χ2n) is 8.85. The van der Waals surface area contributed by atoms with E-state index in [9.17, 15) is 18.8 Å². The number of rotatable bonds is 8. The topological polar surface area (TPSA) is 76.2 Å². The molecule has 0 radical (unpaired) electrons. The SMILES string of the molecule is CCCC[C@H]1C(=O)N(C(CC)CC)CC2N1C(=O)CN(C)N2C(=O)NCc1ccc(F)cc1. The summed E-state index contributed by atoms with van der Waals surface area (Å²) >= 11 is 0. The number of carbonyl (C=O) groups is 3. The molecule has 4 amide bonds. The largest absolute Gasteiger partial charge is 0.334 e. The van der Waals surface area contributed by atoms with Crippen molar-refractivity contribution < 1.29 is 18.8 Å². The molecule has 2 saturated heterocycles. The molecule has 0 bridgehead atoms. The molecule has 2 atom stereocenters. The van der Waals surface area contributed by atoms with Crippen molar-refractivity contribution in [1.29, 1.82) is 0 Å². The Balaban J connectivity index is 1.87. The highest BCUT2D eigenvalue weighted by molar-refractivity contribution is 5.91. The summed E-state index contributed by atoms with van der Waals surface area (Å²) in [5.74, 6) is -0.483. The fourth-order valence-corrected chi connectivity index (χ4v) is 4.86. The summed E-state index contributed by atoms with van der Waals surface area (Å²) in [6, 6.07) is 5.12. The van der Waals surface area contributed by atoms with E-state index in [0.29, 0.717) is 6.42 Å². The van der Waals surface area contributed by atoms with Gasteiger partial charge in [-0.1, -0.05) is 45.7 Å². The zero-order chi connectivity index (χ0) is 24.1. The van der Waals surface area contributed by atoms with E-state index in [2.05, 4.69) is 26.1 Å². The minimum atomic E-state index is -0.565. The lowest BCUT2D eigenvalue weighted by Crippen LogP contribution is -2.76. The maximum Gasteiger partial charge on any atom is 0.334 e. The van der Waals surface area contributed by atoms with Gasteiger partial charge in [0.15, 0.2) is 0 Å². The average molecular weight is 462 g/mol. The number of amides is 4. The quantitative estimate of drug-likeness (QED) is 0.646. The Bertz CT molecular complexity index is 845. The lowest BCUT2D eigenvalue weighted by molar-refractivity contribution is -0.189. The van der Waals surface area contributed by atoms with E-state index in [4.69, 9.17) is 0 Å². The number of hydrazine groups is 1. The molecule has 1 aromatic rings. The van der Waals surface area contributed by atoms with E-state index in [1.165, 1.54) is 12.1 Å². The van der Waals surface area contributed by atoms with Gasteiger partial charge in [-0.25, -0.2) is 19.2 Å². The first-order chi connectivity index (χ1) is 15.8. The van der Waals surface area contributed by atoms with Crippen LogP contribution in [0.3, 0.4) is 0 Å². The summed E-state index contributed by atoms with van der Waals surface area (Å²) in [4.78, 5) is 43.3. The molecule has 1 unspecified atom stereocenters. The van der Waals surface area contributed by atoms with Crippen LogP contribution in [0.4, 0.5) is 9.18 Å². The molecule has 33 heavy (non-hydrogen) atoms. The Hall–Kier alpha value is -2.68. The van der Waals surface area contributed by atoms with E-state index in [1.54, 1.807) is 34.1 Å². The molecule has 0 aliphatic carbocycles. The minimum absolute atomic E-state index is 0.0158. The van der Waals surface area contributed by atoms with Gasteiger partial charge in [0, 0.05) is 19.6 Å². The number of fused-ring (bicyclic) bond motifs is 1. The van der Waals surface area contributed by atoms with Gasteiger partial charge in [-0.2, -0.15) is 0 Å². The zero-order valence-electron chi connectivity index (χ0n) is 20.1. The molecule has 2 aliphatic rings. The second-order valence-corrected chi connectivity index (χ2v) is 8.85. The third-order valence-electron chi connectivity index (χ3n) is 6.67. The molecule has 3 rings (SSSR count). The molecule has 1 aromatic carbocycles. The predicted octanol–water partition coefficient (Wildman–Crippen LogP) is 2.94. The lowest BCUT2D eigenvalue weighted by atomic mass is 9.98. The summed E-state index contributed by atoms with van der Waals surface area (Å²) in [6.07, 6.45) is 3.40. The summed E-state index contributed by atoms with van der Waals surface area (Å²) in [5.41, 5.74) is 0.774. The maximum atomic E-state index is 13.5. The van der Waals surface area contributed by atoms with Crippen molar-refractivity contribution in [3.8, 4) is 0 Å². The van der Waals surface area contributed by atoms with Crippen LogP contribution in [0.15, 0.2) is 24.3 Å². The van der Waals surface area contributed by atoms with Gasteiger partial charge in [0.05, 0.1) is 13.1 Å². The average Bonchev–Trinajstić information content (AvgIpc) is 2.79. The van der Waals surface area contributed by atoms with Crippen molar-refractivity contribution in [2.24, 2.45) is 0 Å². The van der Waals surface area contributed by atoms with Crippen LogP contribution in [0.25, 0.3) is 0 Å². The standard InChI is InChI=1S/C24H36FN5O3/c1-5-8-9-20-23(32)28(19(6-2)7-3)15-21-29(20)22(31)16-27(4)30(21)24(33)26-14-17-10-12-18(25)13-11-17/h10-13,19-21H,5-9,14-16H2,1-4H3,(H,26,33)/t20-,21?/m0/s1. The molecule has 2 aliphatic heterocycles. The lowest BCUT2D eigenvalue weighted by Gasteiger charge is -2.55. The number of nitrogens with one attached hydrogen (secondary N) is 1. The fourth-order valence-electron chi connectivity index (χ4n) is 4.86. The molecule has 0 saturated carbocycles. The molecule has 0 aromatic heterocycles. The Morgan fingerprint density at radius 1 is 1.15 bits per heavy atom. The van der Waals surface area contributed by atoms with Crippen molar-refractivity contribution in [2.75, 3.05) is 20.1 Å². The number of hydrogen-bond acceptors (Lipinski definition) is 4. The molecule has 1 N–H and O–H groups in total. The van der Waals surface area contributed by atoms with Crippen LogP contribution in [0.2, 0.25) is 0 Å². The van der Waals surface area contributed by atoms with Gasteiger partial charge < -0.3 is 15.1 Å². The normalized spacial score (nSPS) is 21.6. The van der Waals surface area contributed by atoms with Crippen molar-refractivity contribution in [3.63, 3.8) is 0 Å². The Morgan fingerprint density at radius 3 is 2.42 bits per heavy atom. The predicted molar refractivity (Wildman–Crippen MR) is 123 cm³/mol. The second kappa shape index (κ2) is 11.0. The number of unbranched alkanes of at least 4 members (excludes halogenated alkanes) is 1. The summed E-state index contributed by atoms with van der Waals surface area (Å²) in [7, 11) is 1.71. The summed E-state index contributed by atoms with van der Waals surface area (Å²) < 4.78 is 13.2. The highest BCUT2D eigenvalue weighted by atomic mass is 19.1. The number of piperazine rings is 1. The molecule has 0 spiro atoms. The van der Waals surface area contributed by atoms with Gasteiger partial charge in [-0.3, -0.25) is 9.59 Å². The number of benzene rings is 1. The summed E-state index contributed by atoms with van der Waals surface area (Å²) in [5, 5.41) is 6.08. The molecule has 9 heteroatoms. The van der Waals surface area contributed by atoms with Crippen molar-refractivity contribution >= 4 is 17.8 Å². The van der Waals surface area contributed by atoms with Gasteiger partial charge >= 0.3 is 6.03 Å². The smallest absolute Gasteiger partial charge is 0.334 e. The number of urea groups is 1. The first kappa shape index (κ1) is 25.0. The first-order valence-corrected chi connectivity index (χ1v) is 12.0. The number of likely N-dealkylation sites (N-methyl/N-ethyl adjacent to an activating group) is 1. The van der Waals surface area contributed by atoms with E-state index < -0.39 is 12.2 Å². The first-order valence-electron chi connectivity index (χ1n) is 12.0. The van der Waals surface area contributed by atoms with Crippen LogP contribution in [-0.2, 0) is 16.1 Å². The van der Waals surface area contributed by atoms with Crippen LogP contribution in [-0.4, -0.2) is 76.0 Å². The van der Waals surface area contributed by atoms with Gasteiger partial charge in [0.25, 0.3) is 0 Å². The van der Waals surface area contributed by atoms with Crippen LogP contribution >= 0.6 is 0 Å². The van der Waals surface area contributed by atoms with Crippen LogP contribution in [0, 0.1) is 5.82 Å². The van der Waals surface area contributed by atoms with Gasteiger partial charge in [0.1, 0.15) is 18.0 Å². The molecule has 8 nitrogen and oxygen atoms in total. The van der Waals surface area contributed by atoms with Crippen LogP contribution in [0.5, 0.6) is 0 Å². The summed E-state index contributed by atoms with van der Waals surface area (Å²) in [6.45, 7) is 6.72. The number of carbonyl (C=O) groups excluding carboxylic acids is 3. The van der Waals surface area contributed by atoms with Gasteiger partial charge in [-0.05, 0) is 37.0 Å². The molecule has 2 fully saturated rings. The third-order valence-corrected chi connectivity index (χ3v) is 6.67. The Kier molecular flexibility index (Phi) is 8.29. The number of nitrogens with zero attached hydrogens (tertiary/aromatic N) is 4. The highest BCUT2D eigenvalue weighted by Gasteiger charge is 2.51. The molecule has 182 valence electrons. The number of halogens is 1. The Labute approximate surface area is 195 Å². The van der Waals surface area contributed by atoms with Crippen molar-refractivity contribution in [3.05, 3.63) is 35.6 Å². The fraction of sp³-hybridized carbons (Fsp3) is 0.625. The molecular weight excluding hydrogens is 425 g/mol. The minimum Gasteiger partial charge on any atom is -0.334 e. The zero-order valence-corrected chi connectivity index (χ0v) is 20.1. The van der Waals surface area contributed by atoms with E-state index in [-0.39, 0.29) is 49.3 Å². The number of hydrogen-bond donors (Lipinski definition) is 1.